The third kappa shape index (κ3) is 3.72. The van der Waals surface area contributed by atoms with Crippen LogP contribution in [-0.2, 0) is 11.0 Å². The Labute approximate surface area is 126 Å². The normalized spacial score (nSPS) is 12.0. The zero-order chi connectivity index (χ0) is 16.3. The first-order valence-corrected chi connectivity index (χ1v) is 6.86. The number of nitrogens with two attached hydrogens (primary N) is 1. The van der Waals surface area contributed by atoms with E-state index in [-0.39, 0.29) is 10.7 Å². The van der Waals surface area contributed by atoms with E-state index in [0.29, 0.717) is 12.8 Å². The molecule has 0 radical (unpaired) electrons. The first kappa shape index (κ1) is 17.4. The van der Waals surface area contributed by atoms with Gasteiger partial charge in [-0.1, -0.05) is 32.1 Å². The second kappa shape index (κ2) is 6.43. The van der Waals surface area contributed by atoms with Crippen LogP contribution < -0.4 is 11.1 Å². The van der Waals surface area contributed by atoms with Gasteiger partial charge in [-0.15, -0.1) is 0 Å². The van der Waals surface area contributed by atoms with Crippen molar-refractivity contribution >= 4 is 28.8 Å². The number of carbonyl (C=O) groups excluding carboxylic acids is 1. The Hall–Kier alpha value is -1.63. The molecule has 1 aromatic carbocycles. The molecule has 0 fully saturated rings. The van der Waals surface area contributed by atoms with Gasteiger partial charge in [0.05, 0.1) is 16.0 Å². The minimum Gasteiger partial charge on any atom is -0.392 e. The van der Waals surface area contributed by atoms with Gasteiger partial charge in [0.2, 0.25) is 5.91 Å². The predicted octanol–water partition coefficient (Wildman–Crippen LogP) is 3.74. The smallest absolute Gasteiger partial charge is 0.392 e. The molecule has 116 valence electrons. The van der Waals surface area contributed by atoms with Crippen molar-refractivity contribution in [2.45, 2.75) is 32.9 Å². The Morgan fingerprint density at radius 3 is 2.29 bits per heavy atom. The number of hydrogen-bond donors (Lipinski definition) is 2. The van der Waals surface area contributed by atoms with E-state index >= 15 is 0 Å². The van der Waals surface area contributed by atoms with E-state index in [1.807, 2.05) is 0 Å². The first-order chi connectivity index (χ1) is 9.67. The van der Waals surface area contributed by atoms with Crippen LogP contribution in [0.4, 0.5) is 18.9 Å². The Bertz CT molecular complexity index is 539. The summed E-state index contributed by atoms with van der Waals surface area (Å²) < 4.78 is 37.9. The van der Waals surface area contributed by atoms with Crippen molar-refractivity contribution in [3.63, 3.8) is 0 Å². The van der Waals surface area contributed by atoms with Gasteiger partial charge in [-0.05, 0) is 31.0 Å². The molecular formula is C14H17F3N2OS. The molecule has 0 aliphatic carbocycles. The number of rotatable bonds is 5. The molecule has 1 rings (SSSR count). The van der Waals surface area contributed by atoms with Crippen molar-refractivity contribution in [1.29, 1.82) is 0 Å². The van der Waals surface area contributed by atoms with Gasteiger partial charge in [-0.3, -0.25) is 4.79 Å². The maximum Gasteiger partial charge on any atom is 0.416 e. The molecule has 21 heavy (non-hydrogen) atoms. The summed E-state index contributed by atoms with van der Waals surface area (Å²) in [7, 11) is 0. The van der Waals surface area contributed by atoms with Gasteiger partial charge in [-0.25, -0.2) is 0 Å². The van der Waals surface area contributed by atoms with Crippen LogP contribution in [0.5, 0.6) is 0 Å². The molecule has 1 amide bonds. The number of anilines is 1. The topological polar surface area (TPSA) is 55.1 Å². The van der Waals surface area contributed by atoms with Gasteiger partial charge in [-0.2, -0.15) is 13.2 Å². The number of thiocarbonyl (C=S) groups is 1. The SMILES string of the molecule is CCC(CC)(C(=O)Nc1cccc(C(F)(F)F)c1)C(N)=S. The number of carbonyl (C=O) groups is 1. The highest BCUT2D eigenvalue weighted by molar-refractivity contribution is 7.80. The zero-order valence-corrected chi connectivity index (χ0v) is 12.6. The van der Waals surface area contributed by atoms with Gasteiger partial charge in [0.25, 0.3) is 0 Å². The molecule has 0 aliphatic rings. The minimum atomic E-state index is -4.46. The van der Waals surface area contributed by atoms with Crippen molar-refractivity contribution in [2.24, 2.45) is 11.1 Å². The monoisotopic (exact) mass is 318 g/mol. The molecule has 0 atom stereocenters. The van der Waals surface area contributed by atoms with E-state index in [9.17, 15) is 18.0 Å². The lowest BCUT2D eigenvalue weighted by atomic mass is 9.81. The number of benzene rings is 1. The minimum absolute atomic E-state index is 0.0389. The molecular weight excluding hydrogens is 301 g/mol. The van der Waals surface area contributed by atoms with E-state index < -0.39 is 23.1 Å². The summed E-state index contributed by atoms with van der Waals surface area (Å²) in [4.78, 5) is 12.4. The summed E-state index contributed by atoms with van der Waals surface area (Å²) in [5.74, 6) is -0.487. The summed E-state index contributed by atoms with van der Waals surface area (Å²) in [6, 6.07) is 4.45. The van der Waals surface area contributed by atoms with Crippen LogP contribution in [0.1, 0.15) is 32.3 Å². The highest BCUT2D eigenvalue weighted by Crippen LogP contribution is 2.32. The number of alkyl halides is 3. The Morgan fingerprint density at radius 2 is 1.86 bits per heavy atom. The zero-order valence-electron chi connectivity index (χ0n) is 11.8. The first-order valence-electron chi connectivity index (χ1n) is 6.46. The molecule has 0 saturated carbocycles. The van der Waals surface area contributed by atoms with Crippen molar-refractivity contribution in [2.75, 3.05) is 5.32 Å². The van der Waals surface area contributed by atoms with Crippen LogP contribution in [0.3, 0.4) is 0 Å². The molecule has 0 heterocycles. The van der Waals surface area contributed by atoms with Crippen LogP contribution in [0.25, 0.3) is 0 Å². The molecule has 0 bridgehead atoms. The van der Waals surface area contributed by atoms with Crippen LogP contribution in [0.15, 0.2) is 24.3 Å². The number of halogens is 3. The summed E-state index contributed by atoms with van der Waals surface area (Å²) in [6.45, 7) is 3.52. The summed E-state index contributed by atoms with van der Waals surface area (Å²) >= 11 is 4.94. The highest BCUT2D eigenvalue weighted by atomic mass is 32.1. The molecule has 0 aliphatic heterocycles. The summed E-state index contributed by atoms with van der Waals surface area (Å²) in [5, 5.41) is 2.47. The standard InChI is InChI=1S/C14H17F3N2OS/c1-3-13(4-2,11(18)21)12(20)19-10-7-5-6-9(8-10)14(15,16)17/h5-8H,3-4H2,1-2H3,(H2,18,21)(H,19,20). The average molecular weight is 318 g/mol. The van der Waals surface area contributed by atoms with Crippen molar-refractivity contribution in [3.05, 3.63) is 29.8 Å². The maximum absolute atomic E-state index is 12.6. The molecule has 3 nitrogen and oxygen atoms in total. The summed E-state index contributed by atoms with van der Waals surface area (Å²) in [5.41, 5.74) is 3.83. The van der Waals surface area contributed by atoms with Crippen LogP contribution in [0.2, 0.25) is 0 Å². The van der Waals surface area contributed by atoms with Crippen LogP contribution in [0, 0.1) is 5.41 Å². The van der Waals surface area contributed by atoms with E-state index in [1.165, 1.54) is 12.1 Å². The fourth-order valence-electron chi connectivity index (χ4n) is 2.06. The quantitative estimate of drug-likeness (QED) is 0.813. The fourth-order valence-corrected chi connectivity index (χ4v) is 2.44. The lowest BCUT2D eigenvalue weighted by molar-refractivity contribution is -0.137. The van der Waals surface area contributed by atoms with Gasteiger partial charge in [0.15, 0.2) is 0 Å². The Morgan fingerprint density at radius 1 is 1.29 bits per heavy atom. The third-order valence-electron chi connectivity index (χ3n) is 3.56. The average Bonchev–Trinajstić information content (AvgIpc) is 2.39. The third-order valence-corrected chi connectivity index (χ3v) is 3.95. The van der Waals surface area contributed by atoms with Gasteiger partial charge >= 0.3 is 6.18 Å². The van der Waals surface area contributed by atoms with E-state index in [1.54, 1.807) is 13.8 Å². The molecule has 0 aromatic heterocycles. The summed E-state index contributed by atoms with van der Waals surface area (Å²) in [6.07, 6.45) is -3.70. The molecule has 3 N–H and O–H groups in total. The molecule has 1 aromatic rings. The second-order valence-electron chi connectivity index (χ2n) is 4.69. The molecule has 0 saturated heterocycles. The maximum atomic E-state index is 12.6. The Kier molecular flexibility index (Phi) is 5.33. The van der Waals surface area contributed by atoms with Gasteiger partial charge in [0, 0.05) is 5.69 Å². The Balaban J connectivity index is 3.05. The molecule has 0 unspecified atom stereocenters. The van der Waals surface area contributed by atoms with E-state index in [4.69, 9.17) is 18.0 Å². The van der Waals surface area contributed by atoms with Crippen LogP contribution >= 0.6 is 12.2 Å². The van der Waals surface area contributed by atoms with Crippen LogP contribution in [-0.4, -0.2) is 10.9 Å². The largest absolute Gasteiger partial charge is 0.416 e. The van der Waals surface area contributed by atoms with Crippen molar-refractivity contribution < 1.29 is 18.0 Å². The molecule has 7 heteroatoms. The lowest BCUT2D eigenvalue weighted by Gasteiger charge is -2.29. The predicted molar refractivity (Wildman–Crippen MR) is 79.9 cm³/mol. The fraction of sp³-hybridized carbons (Fsp3) is 0.429. The van der Waals surface area contributed by atoms with E-state index in [2.05, 4.69) is 5.32 Å². The number of nitrogens with one attached hydrogen (secondary N) is 1. The van der Waals surface area contributed by atoms with E-state index in [0.717, 1.165) is 12.1 Å². The lowest BCUT2D eigenvalue weighted by Crippen LogP contribution is -2.45. The number of hydrogen-bond acceptors (Lipinski definition) is 2. The van der Waals surface area contributed by atoms with Gasteiger partial charge in [0.1, 0.15) is 0 Å². The van der Waals surface area contributed by atoms with Gasteiger partial charge < -0.3 is 11.1 Å². The molecule has 0 spiro atoms. The van der Waals surface area contributed by atoms with Crippen molar-refractivity contribution in [3.8, 4) is 0 Å². The highest BCUT2D eigenvalue weighted by Gasteiger charge is 2.38. The second-order valence-corrected chi connectivity index (χ2v) is 5.13. The van der Waals surface area contributed by atoms with Crippen molar-refractivity contribution in [1.82, 2.24) is 0 Å². The number of amides is 1.